The molecule has 0 fully saturated rings. The predicted molar refractivity (Wildman–Crippen MR) is 102 cm³/mol. The Morgan fingerprint density at radius 1 is 1.30 bits per heavy atom. The number of hydrogen-bond acceptors (Lipinski definition) is 6. The van der Waals surface area contributed by atoms with Crippen LogP contribution in [0.3, 0.4) is 0 Å². The molecule has 0 saturated heterocycles. The number of ether oxygens (including phenoxy) is 2. The SMILES string of the molecule is C=CCN(Cc1nc(-c2ccc(OC)c(OC)c2)no1)C(=O)NC(C)(C)C. The van der Waals surface area contributed by atoms with Crippen molar-refractivity contribution in [3.8, 4) is 22.9 Å². The van der Waals surface area contributed by atoms with Crippen LogP contribution >= 0.6 is 0 Å². The highest BCUT2D eigenvalue weighted by molar-refractivity contribution is 5.75. The monoisotopic (exact) mass is 374 g/mol. The van der Waals surface area contributed by atoms with Crippen molar-refractivity contribution in [1.82, 2.24) is 20.4 Å². The molecule has 0 unspecified atom stereocenters. The minimum Gasteiger partial charge on any atom is -0.493 e. The first-order valence-electron chi connectivity index (χ1n) is 8.50. The van der Waals surface area contributed by atoms with Gasteiger partial charge in [0.05, 0.1) is 14.2 Å². The molecule has 0 aliphatic carbocycles. The Balaban J connectivity index is 2.18. The van der Waals surface area contributed by atoms with E-state index in [2.05, 4.69) is 22.0 Å². The van der Waals surface area contributed by atoms with E-state index in [-0.39, 0.29) is 18.1 Å². The van der Waals surface area contributed by atoms with E-state index < -0.39 is 0 Å². The van der Waals surface area contributed by atoms with E-state index in [4.69, 9.17) is 14.0 Å². The lowest BCUT2D eigenvalue weighted by Crippen LogP contribution is -2.48. The molecule has 0 saturated carbocycles. The second-order valence-electron chi connectivity index (χ2n) is 6.93. The zero-order valence-corrected chi connectivity index (χ0v) is 16.4. The first-order valence-corrected chi connectivity index (χ1v) is 8.50. The Hall–Kier alpha value is -3.03. The minimum atomic E-state index is -0.351. The summed E-state index contributed by atoms with van der Waals surface area (Å²) < 4.78 is 15.8. The van der Waals surface area contributed by atoms with Gasteiger partial charge in [0.1, 0.15) is 6.54 Å². The van der Waals surface area contributed by atoms with E-state index in [9.17, 15) is 4.79 Å². The van der Waals surface area contributed by atoms with Crippen LogP contribution in [0.25, 0.3) is 11.4 Å². The molecule has 2 aromatic rings. The topological polar surface area (TPSA) is 89.7 Å². The van der Waals surface area contributed by atoms with Crippen molar-refractivity contribution in [2.45, 2.75) is 32.9 Å². The molecule has 1 aromatic heterocycles. The number of aromatic nitrogens is 2. The fourth-order valence-corrected chi connectivity index (χ4v) is 2.35. The van der Waals surface area contributed by atoms with Gasteiger partial charge >= 0.3 is 6.03 Å². The zero-order chi connectivity index (χ0) is 20.0. The highest BCUT2D eigenvalue weighted by Crippen LogP contribution is 2.31. The number of carbonyl (C=O) groups excluding carboxylic acids is 1. The van der Waals surface area contributed by atoms with Crippen LogP contribution in [0.4, 0.5) is 4.79 Å². The predicted octanol–water partition coefficient (Wildman–Crippen LogP) is 3.25. The minimum absolute atomic E-state index is 0.175. The van der Waals surface area contributed by atoms with E-state index >= 15 is 0 Å². The quantitative estimate of drug-likeness (QED) is 0.748. The van der Waals surface area contributed by atoms with Gasteiger partial charge in [0.2, 0.25) is 11.7 Å². The third-order valence-corrected chi connectivity index (χ3v) is 3.55. The largest absolute Gasteiger partial charge is 0.493 e. The number of methoxy groups -OCH3 is 2. The molecule has 146 valence electrons. The fraction of sp³-hybridized carbons (Fsp3) is 0.421. The fourth-order valence-electron chi connectivity index (χ4n) is 2.35. The van der Waals surface area contributed by atoms with Crippen molar-refractivity contribution in [1.29, 1.82) is 0 Å². The molecule has 1 heterocycles. The molecule has 2 rings (SSSR count). The van der Waals surface area contributed by atoms with Gasteiger partial charge in [-0.05, 0) is 39.0 Å². The molecule has 8 heteroatoms. The van der Waals surface area contributed by atoms with Crippen LogP contribution in [0.1, 0.15) is 26.7 Å². The zero-order valence-electron chi connectivity index (χ0n) is 16.4. The van der Waals surface area contributed by atoms with Crippen LogP contribution in [-0.4, -0.2) is 47.4 Å². The van der Waals surface area contributed by atoms with Crippen LogP contribution in [0, 0.1) is 0 Å². The Morgan fingerprint density at radius 2 is 2.00 bits per heavy atom. The molecule has 0 spiro atoms. The Morgan fingerprint density at radius 3 is 2.59 bits per heavy atom. The number of rotatable bonds is 7. The van der Waals surface area contributed by atoms with Gasteiger partial charge in [-0.25, -0.2) is 4.79 Å². The van der Waals surface area contributed by atoms with E-state index in [1.807, 2.05) is 26.8 Å². The first-order chi connectivity index (χ1) is 12.8. The highest BCUT2D eigenvalue weighted by Gasteiger charge is 2.21. The second kappa shape index (κ2) is 8.57. The van der Waals surface area contributed by atoms with E-state index in [1.165, 1.54) is 0 Å². The maximum absolute atomic E-state index is 12.4. The highest BCUT2D eigenvalue weighted by atomic mass is 16.5. The summed E-state index contributed by atoms with van der Waals surface area (Å²) in [5.41, 5.74) is 0.368. The van der Waals surface area contributed by atoms with Crippen molar-refractivity contribution in [3.05, 3.63) is 36.7 Å². The molecule has 0 radical (unpaired) electrons. The van der Waals surface area contributed by atoms with E-state index in [0.29, 0.717) is 29.8 Å². The first kappa shape index (κ1) is 20.3. The van der Waals surface area contributed by atoms with Gasteiger partial charge < -0.3 is 24.2 Å². The van der Waals surface area contributed by atoms with Gasteiger partial charge in [-0.2, -0.15) is 4.98 Å². The molecule has 1 aromatic carbocycles. The van der Waals surface area contributed by atoms with Gasteiger partial charge in [0.25, 0.3) is 0 Å². The van der Waals surface area contributed by atoms with Crippen LogP contribution in [0.5, 0.6) is 11.5 Å². The number of carbonyl (C=O) groups is 1. The number of nitrogens with zero attached hydrogens (tertiary/aromatic N) is 3. The van der Waals surface area contributed by atoms with Gasteiger partial charge in [-0.1, -0.05) is 11.2 Å². The maximum atomic E-state index is 12.4. The summed E-state index contributed by atoms with van der Waals surface area (Å²) in [6, 6.07) is 5.11. The Bertz CT molecular complexity index is 795. The summed E-state index contributed by atoms with van der Waals surface area (Å²) in [4.78, 5) is 18.4. The Kier molecular flexibility index (Phi) is 6.44. The van der Waals surface area contributed by atoms with Crippen LogP contribution in [0.15, 0.2) is 35.4 Å². The number of amides is 2. The summed E-state index contributed by atoms with van der Waals surface area (Å²) in [6.45, 7) is 9.97. The third-order valence-electron chi connectivity index (χ3n) is 3.55. The van der Waals surface area contributed by atoms with Crippen molar-refractivity contribution in [2.75, 3.05) is 20.8 Å². The van der Waals surface area contributed by atoms with Crippen molar-refractivity contribution in [2.24, 2.45) is 0 Å². The molecule has 0 atom stereocenters. The summed E-state index contributed by atoms with van der Waals surface area (Å²) in [5, 5.41) is 6.91. The van der Waals surface area contributed by atoms with Gasteiger partial charge in [-0.3, -0.25) is 0 Å². The smallest absolute Gasteiger partial charge is 0.318 e. The van der Waals surface area contributed by atoms with Crippen molar-refractivity contribution >= 4 is 6.03 Å². The molecule has 1 N–H and O–H groups in total. The lowest BCUT2D eigenvalue weighted by Gasteiger charge is -2.26. The average Bonchev–Trinajstić information content (AvgIpc) is 3.08. The van der Waals surface area contributed by atoms with E-state index in [0.717, 1.165) is 5.56 Å². The lowest BCUT2D eigenvalue weighted by molar-refractivity contribution is 0.184. The maximum Gasteiger partial charge on any atom is 0.318 e. The molecule has 2 amide bonds. The molecule has 8 nitrogen and oxygen atoms in total. The molecule has 27 heavy (non-hydrogen) atoms. The third kappa shape index (κ3) is 5.47. The summed E-state index contributed by atoms with van der Waals surface area (Å²) in [6.07, 6.45) is 1.65. The van der Waals surface area contributed by atoms with Gasteiger partial charge in [0, 0.05) is 17.6 Å². The standard InChI is InChI=1S/C19H26N4O4/c1-7-10-23(18(24)21-19(2,3)4)12-16-20-17(22-27-16)13-8-9-14(25-5)15(11-13)26-6/h7-9,11H,1,10,12H2,2-6H3,(H,21,24). The molecular formula is C19H26N4O4. The number of nitrogens with one attached hydrogen (secondary N) is 1. The summed E-state index contributed by atoms with van der Waals surface area (Å²) >= 11 is 0. The number of urea groups is 1. The second-order valence-corrected chi connectivity index (χ2v) is 6.93. The summed E-state index contributed by atoms with van der Waals surface area (Å²) in [5.74, 6) is 1.91. The molecule has 0 aliphatic heterocycles. The number of hydrogen-bond donors (Lipinski definition) is 1. The Labute approximate surface area is 159 Å². The van der Waals surface area contributed by atoms with Crippen molar-refractivity contribution in [3.63, 3.8) is 0 Å². The molecule has 0 aliphatic rings. The summed E-state index contributed by atoms with van der Waals surface area (Å²) in [7, 11) is 3.13. The van der Waals surface area contributed by atoms with Crippen LogP contribution < -0.4 is 14.8 Å². The average molecular weight is 374 g/mol. The van der Waals surface area contributed by atoms with Crippen LogP contribution in [0.2, 0.25) is 0 Å². The van der Waals surface area contributed by atoms with Gasteiger partial charge in [0.15, 0.2) is 11.5 Å². The molecule has 0 bridgehead atoms. The van der Waals surface area contributed by atoms with Crippen molar-refractivity contribution < 1.29 is 18.8 Å². The van der Waals surface area contributed by atoms with E-state index in [1.54, 1.807) is 37.3 Å². The van der Waals surface area contributed by atoms with Gasteiger partial charge in [-0.15, -0.1) is 6.58 Å². The number of benzene rings is 1. The lowest BCUT2D eigenvalue weighted by atomic mass is 10.1. The normalized spacial score (nSPS) is 11.0. The van der Waals surface area contributed by atoms with Crippen LogP contribution in [-0.2, 0) is 6.54 Å². The molecular weight excluding hydrogens is 348 g/mol.